The Kier molecular flexibility index (Phi) is 5.00. The van der Waals surface area contributed by atoms with E-state index in [1.807, 2.05) is 0 Å². The highest BCUT2D eigenvalue weighted by Gasteiger charge is 2.38. The molecule has 1 aromatic rings. The zero-order chi connectivity index (χ0) is 15.6. The van der Waals surface area contributed by atoms with Gasteiger partial charge >= 0.3 is 0 Å². The molecule has 0 spiro atoms. The Balaban J connectivity index is 2.45. The van der Waals surface area contributed by atoms with Crippen molar-refractivity contribution in [1.82, 2.24) is 9.62 Å². The molecule has 1 fully saturated rings. The number of nitrogens with one attached hydrogen (secondary N) is 1. The van der Waals surface area contributed by atoms with Crippen molar-refractivity contribution in [2.75, 3.05) is 13.6 Å². The molecular weight excluding hydrogens is 363 g/mol. The summed E-state index contributed by atoms with van der Waals surface area (Å²) < 4.78 is 40.8. The molecule has 1 atom stereocenters. The molecule has 21 heavy (non-hydrogen) atoms. The topological polar surface area (TPSA) is 66.5 Å². The first-order chi connectivity index (χ1) is 9.87. The van der Waals surface area contributed by atoms with Crippen molar-refractivity contribution in [3.05, 3.63) is 28.5 Å². The van der Waals surface area contributed by atoms with Gasteiger partial charge in [-0.15, -0.1) is 0 Å². The maximum atomic E-state index is 13.9. The molecule has 1 aliphatic heterocycles. The zero-order valence-corrected chi connectivity index (χ0v) is 13.9. The smallest absolute Gasteiger partial charge is 0.246 e. The molecule has 0 aromatic heterocycles. The molecule has 0 bridgehead atoms. The monoisotopic (exact) mass is 378 g/mol. The van der Waals surface area contributed by atoms with Crippen LogP contribution in [-0.4, -0.2) is 38.3 Å². The first-order valence-corrected chi connectivity index (χ1v) is 8.79. The number of piperidine rings is 1. The zero-order valence-electron chi connectivity index (χ0n) is 11.5. The summed E-state index contributed by atoms with van der Waals surface area (Å²) in [5.74, 6) is -1.19. The second-order valence-corrected chi connectivity index (χ2v) is 7.59. The summed E-state index contributed by atoms with van der Waals surface area (Å²) >= 11 is 3.14. The van der Waals surface area contributed by atoms with Gasteiger partial charge in [-0.1, -0.05) is 22.4 Å². The standard InChI is InChI=1S/C13H16BrFN2O3S/c1-16-13(18)11-4-2-3-7-17(11)21(19,20)12-8-9(14)5-6-10(12)15/h5-6,8,11H,2-4,7H2,1H3,(H,16,18)/t11-/m0/s1. The quantitative estimate of drug-likeness (QED) is 0.872. The van der Waals surface area contributed by atoms with Gasteiger partial charge in [0.1, 0.15) is 16.8 Å². The van der Waals surface area contributed by atoms with E-state index in [1.165, 1.54) is 19.2 Å². The third kappa shape index (κ3) is 3.27. The molecule has 2 rings (SSSR count). The van der Waals surface area contributed by atoms with Gasteiger partial charge in [0.2, 0.25) is 15.9 Å². The third-order valence-electron chi connectivity index (χ3n) is 3.48. The van der Waals surface area contributed by atoms with Crippen LogP contribution in [0.3, 0.4) is 0 Å². The highest BCUT2D eigenvalue weighted by Crippen LogP contribution is 2.28. The Bertz CT molecular complexity index is 651. The summed E-state index contributed by atoms with van der Waals surface area (Å²) in [6.07, 6.45) is 1.86. The Morgan fingerprint density at radius 2 is 2.14 bits per heavy atom. The van der Waals surface area contributed by atoms with Crippen molar-refractivity contribution in [2.45, 2.75) is 30.2 Å². The Morgan fingerprint density at radius 1 is 1.43 bits per heavy atom. The van der Waals surface area contributed by atoms with Crippen LogP contribution in [0.4, 0.5) is 4.39 Å². The highest BCUT2D eigenvalue weighted by molar-refractivity contribution is 9.10. The normalized spacial score (nSPS) is 20.2. The molecule has 1 saturated heterocycles. The summed E-state index contributed by atoms with van der Waals surface area (Å²) in [5, 5.41) is 2.47. The summed E-state index contributed by atoms with van der Waals surface area (Å²) in [7, 11) is -2.59. The number of hydrogen-bond acceptors (Lipinski definition) is 3. The molecule has 1 amide bonds. The number of rotatable bonds is 3. The lowest BCUT2D eigenvalue weighted by molar-refractivity contribution is -0.125. The van der Waals surface area contributed by atoms with Gasteiger partial charge in [0.15, 0.2) is 0 Å². The first-order valence-electron chi connectivity index (χ1n) is 6.56. The van der Waals surface area contributed by atoms with E-state index in [-0.39, 0.29) is 12.5 Å². The molecular formula is C13H16BrFN2O3S. The largest absolute Gasteiger partial charge is 0.358 e. The van der Waals surface area contributed by atoms with Crippen LogP contribution in [0, 0.1) is 5.82 Å². The van der Waals surface area contributed by atoms with Crippen molar-refractivity contribution in [2.24, 2.45) is 0 Å². The van der Waals surface area contributed by atoms with Gasteiger partial charge in [-0.2, -0.15) is 4.31 Å². The van der Waals surface area contributed by atoms with Gasteiger partial charge in [0, 0.05) is 18.1 Å². The SMILES string of the molecule is CNC(=O)[C@@H]1CCCCN1S(=O)(=O)c1cc(Br)ccc1F. The van der Waals surface area contributed by atoms with Gasteiger partial charge in [-0.05, 0) is 31.0 Å². The Morgan fingerprint density at radius 3 is 2.81 bits per heavy atom. The van der Waals surface area contributed by atoms with Crippen LogP contribution in [0.1, 0.15) is 19.3 Å². The second kappa shape index (κ2) is 6.41. The molecule has 0 aliphatic carbocycles. The molecule has 0 unspecified atom stereocenters. The van der Waals surface area contributed by atoms with Gasteiger partial charge in [0.25, 0.3) is 0 Å². The number of likely N-dealkylation sites (N-methyl/N-ethyl adjacent to an activating group) is 1. The van der Waals surface area contributed by atoms with E-state index in [0.29, 0.717) is 17.3 Å². The van der Waals surface area contributed by atoms with Crippen LogP contribution >= 0.6 is 15.9 Å². The molecule has 0 radical (unpaired) electrons. The number of hydrogen-bond donors (Lipinski definition) is 1. The van der Waals surface area contributed by atoms with E-state index in [2.05, 4.69) is 21.2 Å². The predicted molar refractivity (Wildman–Crippen MR) is 79.7 cm³/mol. The molecule has 1 aromatic carbocycles. The number of carbonyl (C=O) groups excluding carboxylic acids is 1. The van der Waals surface area contributed by atoms with Crippen molar-refractivity contribution in [3.8, 4) is 0 Å². The van der Waals surface area contributed by atoms with E-state index in [0.717, 1.165) is 16.8 Å². The first kappa shape index (κ1) is 16.4. The minimum Gasteiger partial charge on any atom is -0.358 e. The lowest BCUT2D eigenvalue weighted by Gasteiger charge is -2.33. The molecule has 116 valence electrons. The lowest BCUT2D eigenvalue weighted by Crippen LogP contribution is -2.51. The second-order valence-electron chi connectivity index (χ2n) is 4.82. The summed E-state index contributed by atoms with van der Waals surface area (Å²) in [6, 6.07) is 2.96. The van der Waals surface area contributed by atoms with Crippen molar-refractivity contribution in [1.29, 1.82) is 0 Å². The van der Waals surface area contributed by atoms with Crippen LogP contribution < -0.4 is 5.32 Å². The summed E-state index contributed by atoms with van der Waals surface area (Å²) in [5.41, 5.74) is 0. The van der Waals surface area contributed by atoms with Crippen LogP contribution in [0.5, 0.6) is 0 Å². The van der Waals surface area contributed by atoms with Crippen LogP contribution in [-0.2, 0) is 14.8 Å². The maximum absolute atomic E-state index is 13.9. The Hall–Kier alpha value is -0.990. The number of sulfonamides is 1. The average Bonchev–Trinajstić information content (AvgIpc) is 2.48. The highest BCUT2D eigenvalue weighted by atomic mass is 79.9. The molecule has 5 nitrogen and oxygen atoms in total. The number of halogens is 2. The number of nitrogens with zero attached hydrogens (tertiary/aromatic N) is 1. The van der Waals surface area contributed by atoms with Crippen molar-refractivity contribution in [3.63, 3.8) is 0 Å². The number of carbonyl (C=O) groups is 1. The summed E-state index contributed by atoms with van der Waals surface area (Å²) in [4.78, 5) is 11.5. The molecule has 8 heteroatoms. The van der Waals surface area contributed by atoms with E-state index in [1.54, 1.807) is 0 Å². The average molecular weight is 379 g/mol. The van der Waals surface area contributed by atoms with E-state index < -0.39 is 26.8 Å². The van der Waals surface area contributed by atoms with Crippen LogP contribution in [0.25, 0.3) is 0 Å². The van der Waals surface area contributed by atoms with E-state index in [9.17, 15) is 17.6 Å². The molecule has 0 saturated carbocycles. The minimum absolute atomic E-state index is 0.215. The lowest BCUT2D eigenvalue weighted by atomic mass is 10.0. The minimum atomic E-state index is -4.05. The van der Waals surface area contributed by atoms with Gasteiger partial charge in [0.05, 0.1) is 0 Å². The van der Waals surface area contributed by atoms with Crippen molar-refractivity contribution >= 4 is 31.9 Å². The van der Waals surface area contributed by atoms with Crippen LogP contribution in [0.2, 0.25) is 0 Å². The predicted octanol–water partition coefficient (Wildman–Crippen LogP) is 1.88. The van der Waals surface area contributed by atoms with Crippen molar-refractivity contribution < 1.29 is 17.6 Å². The van der Waals surface area contributed by atoms with E-state index in [4.69, 9.17) is 0 Å². The number of benzene rings is 1. The third-order valence-corrected chi connectivity index (χ3v) is 5.90. The van der Waals surface area contributed by atoms with Gasteiger partial charge < -0.3 is 5.32 Å². The van der Waals surface area contributed by atoms with Crippen LogP contribution in [0.15, 0.2) is 27.6 Å². The van der Waals surface area contributed by atoms with Gasteiger partial charge in [-0.25, -0.2) is 12.8 Å². The number of amides is 1. The fourth-order valence-electron chi connectivity index (χ4n) is 2.42. The molecule has 1 heterocycles. The summed E-state index contributed by atoms with van der Waals surface area (Å²) in [6.45, 7) is 0.215. The fourth-order valence-corrected chi connectivity index (χ4v) is 4.68. The van der Waals surface area contributed by atoms with Gasteiger partial charge in [-0.3, -0.25) is 4.79 Å². The Labute approximate surface area is 131 Å². The molecule has 1 N–H and O–H groups in total. The fraction of sp³-hybridized carbons (Fsp3) is 0.462. The molecule has 1 aliphatic rings. The van der Waals surface area contributed by atoms with E-state index >= 15 is 0 Å². The maximum Gasteiger partial charge on any atom is 0.246 e.